The summed E-state index contributed by atoms with van der Waals surface area (Å²) in [5.41, 5.74) is 4.17. The Morgan fingerprint density at radius 3 is 2.19 bits per heavy atom. The molecule has 5 nitrogen and oxygen atoms in total. The van der Waals surface area contributed by atoms with Gasteiger partial charge < -0.3 is 14.7 Å². The van der Waals surface area contributed by atoms with E-state index in [0.717, 1.165) is 49.6 Å². The molecule has 0 radical (unpaired) electrons. The predicted octanol–water partition coefficient (Wildman–Crippen LogP) is 5.50. The molecule has 2 aromatic carbocycles. The highest BCUT2D eigenvalue weighted by molar-refractivity contribution is 7.99. The average molecular weight is 399 g/mol. The minimum Gasteiger partial charge on any atom is -0.497 e. The zero-order valence-electron chi connectivity index (χ0n) is 15.2. The number of aromatic nitrogens is 4. The predicted molar refractivity (Wildman–Crippen MR) is 114 cm³/mol. The number of hydrogen-bond acceptors (Lipinski definition) is 5. The molecular weight excluding hydrogens is 376 g/mol. The van der Waals surface area contributed by atoms with E-state index in [-0.39, 0.29) is 0 Å². The van der Waals surface area contributed by atoms with Crippen LogP contribution in [0.1, 0.15) is 19.3 Å². The number of H-pyrrole nitrogens is 2. The lowest BCUT2D eigenvalue weighted by Crippen LogP contribution is -1.86. The van der Waals surface area contributed by atoms with Crippen molar-refractivity contribution in [2.45, 2.75) is 29.6 Å². The van der Waals surface area contributed by atoms with Crippen molar-refractivity contribution in [1.29, 1.82) is 0 Å². The van der Waals surface area contributed by atoms with E-state index in [4.69, 9.17) is 4.74 Å². The fourth-order valence-corrected chi connectivity index (χ4v) is 4.65. The topological polar surface area (TPSA) is 66.6 Å². The Morgan fingerprint density at radius 1 is 0.815 bits per heavy atom. The molecule has 0 aliphatic heterocycles. The highest BCUT2D eigenvalue weighted by atomic mass is 32.2. The van der Waals surface area contributed by atoms with Gasteiger partial charge in [0, 0.05) is 17.6 Å². The number of methoxy groups -OCH3 is 1. The minimum absolute atomic E-state index is 0.852. The van der Waals surface area contributed by atoms with E-state index < -0.39 is 0 Å². The number of unbranched alkanes of at least 4 members (excludes halogenated alkanes) is 2. The molecule has 0 aliphatic rings. The number of hydrogen-bond donors (Lipinski definition) is 2. The van der Waals surface area contributed by atoms with Gasteiger partial charge in [0.15, 0.2) is 10.3 Å². The summed E-state index contributed by atoms with van der Waals surface area (Å²) in [6.45, 7) is 0. The molecule has 4 rings (SSSR count). The summed E-state index contributed by atoms with van der Waals surface area (Å²) in [4.78, 5) is 15.9. The first-order chi connectivity index (χ1) is 13.3. The molecule has 0 unspecified atom stereocenters. The van der Waals surface area contributed by atoms with Crippen LogP contribution in [0.5, 0.6) is 5.75 Å². The van der Waals surface area contributed by atoms with Gasteiger partial charge >= 0.3 is 0 Å². The maximum Gasteiger partial charge on any atom is 0.166 e. The second kappa shape index (κ2) is 8.71. The first-order valence-corrected chi connectivity index (χ1v) is 11.0. The summed E-state index contributed by atoms with van der Waals surface area (Å²) in [5, 5.41) is 2.00. The van der Waals surface area contributed by atoms with Gasteiger partial charge in [-0.15, -0.1) is 0 Å². The maximum atomic E-state index is 5.25. The van der Waals surface area contributed by atoms with Crippen molar-refractivity contribution in [1.82, 2.24) is 19.9 Å². The number of nitrogens with zero attached hydrogens (tertiary/aromatic N) is 2. The molecule has 7 heteroatoms. The van der Waals surface area contributed by atoms with Crippen LogP contribution in [0.25, 0.3) is 22.1 Å². The van der Waals surface area contributed by atoms with Crippen LogP contribution < -0.4 is 4.74 Å². The quantitative estimate of drug-likeness (QED) is 0.288. The molecule has 0 saturated heterocycles. The van der Waals surface area contributed by atoms with Crippen molar-refractivity contribution in [2.75, 3.05) is 18.6 Å². The fourth-order valence-electron chi connectivity index (χ4n) is 2.88. The van der Waals surface area contributed by atoms with Crippen LogP contribution in [-0.4, -0.2) is 38.6 Å². The van der Waals surface area contributed by atoms with E-state index in [1.165, 1.54) is 19.3 Å². The van der Waals surface area contributed by atoms with Gasteiger partial charge in [0.1, 0.15) is 5.75 Å². The Labute approximate surface area is 166 Å². The van der Waals surface area contributed by atoms with E-state index >= 15 is 0 Å². The third-order valence-corrected chi connectivity index (χ3v) is 6.22. The summed E-state index contributed by atoms with van der Waals surface area (Å²) in [5.74, 6) is 3.02. The van der Waals surface area contributed by atoms with Crippen molar-refractivity contribution in [3.63, 3.8) is 0 Å². The summed E-state index contributed by atoms with van der Waals surface area (Å²) < 4.78 is 5.25. The van der Waals surface area contributed by atoms with Gasteiger partial charge in [-0.25, -0.2) is 9.97 Å². The van der Waals surface area contributed by atoms with E-state index in [0.29, 0.717) is 0 Å². The Balaban J connectivity index is 1.16. The van der Waals surface area contributed by atoms with Crippen LogP contribution in [0, 0.1) is 0 Å². The number of benzene rings is 2. The number of nitrogens with one attached hydrogen (secondary N) is 2. The largest absolute Gasteiger partial charge is 0.497 e. The molecule has 0 spiro atoms. The third kappa shape index (κ3) is 4.59. The smallest absolute Gasteiger partial charge is 0.166 e. The molecule has 4 aromatic rings. The molecule has 27 heavy (non-hydrogen) atoms. The number of imidazole rings is 2. The van der Waals surface area contributed by atoms with Gasteiger partial charge in [0.05, 0.1) is 29.2 Å². The lowest BCUT2D eigenvalue weighted by molar-refractivity contribution is 0.415. The van der Waals surface area contributed by atoms with Gasteiger partial charge in [0.25, 0.3) is 0 Å². The molecular formula is C20H22N4OS2. The Hall–Kier alpha value is -2.12. The van der Waals surface area contributed by atoms with Crippen molar-refractivity contribution in [3.05, 3.63) is 42.5 Å². The average Bonchev–Trinajstić information content (AvgIpc) is 3.29. The van der Waals surface area contributed by atoms with Crippen LogP contribution >= 0.6 is 23.5 Å². The second-order valence-electron chi connectivity index (χ2n) is 6.24. The van der Waals surface area contributed by atoms with Gasteiger partial charge in [-0.2, -0.15) is 0 Å². The lowest BCUT2D eigenvalue weighted by atomic mass is 10.3. The summed E-state index contributed by atoms with van der Waals surface area (Å²) in [7, 11) is 1.68. The first-order valence-electron chi connectivity index (χ1n) is 9.06. The molecule has 0 bridgehead atoms. The molecule has 2 heterocycles. The third-order valence-electron chi connectivity index (χ3n) is 4.30. The van der Waals surface area contributed by atoms with Gasteiger partial charge in [-0.1, -0.05) is 42.1 Å². The Kier molecular flexibility index (Phi) is 5.89. The lowest BCUT2D eigenvalue weighted by Gasteiger charge is -1.99. The molecule has 2 N–H and O–H groups in total. The van der Waals surface area contributed by atoms with Crippen LogP contribution in [0.4, 0.5) is 0 Å². The zero-order valence-corrected chi connectivity index (χ0v) is 16.8. The molecule has 0 aliphatic carbocycles. The van der Waals surface area contributed by atoms with Crippen LogP contribution in [0.2, 0.25) is 0 Å². The Morgan fingerprint density at radius 2 is 1.48 bits per heavy atom. The van der Waals surface area contributed by atoms with Crippen molar-refractivity contribution >= 4 is 45.6 Å². The number of fused-ring (bicyclic) bond motifs is 2. The first kappa shape index (κ1) is 18.3. The molecule has 140 valence electrons. The van der Waals surface area contributed by atoms with E-state index in [1.807, 2.05) is 36.4 Å². The number of rotatable bonds is 9. The van der Waals surface area contributed by atoms with Crippen LogP contribution in [-0.2, 0) is 0 Å². The highest BCUT2D eigenvalue weighted by Crippen LogP contribution is 2.24. The van der Waals surface area contributed by atoms with Gasteiger partial charge in [0.2, 0.25) is 0 Å². The van der Waals surface area contributed by atoms with E-state index in [2.05, 4.69) is 26.0 Å². The van der Waals surface area contributed by atoms with Crippen LogP contribution in [0.15, 0.2) is 52.8 Å². The number of aromatic amines is 2. The number of ether oxygens (including phenoxy) is 1. The number of para-hydroxylation sites is 2. The normalized spacial score (nSPS) is 11.4. The fraction of sp³-hybridized carbons (Fsp3) is 0.300. The molecule has 0 saturated carbocycles. The molecule has 0 fully saturated rings. The molecule has 0 amide bonds. The highest BCUT2D eigenvalue weighted by Gasteiger charge is 2.05. The summed E-state index contributed by atoms with van der Waals surface area (Å²) in [6.07, 6.45) is 3.60. The Bertz CT molecular complexity index is 994. The standard InChI is InChI=1S/C20H22N4OS2/c1-25-14-9-10-17-18(13-14)24-20(23-17)27-12-6-2-5-11-26-19-21-15-7-3-4-8-16(15)22-19/h3-4,7-10,13H,2,5-6,11-12H2,1H3,(H,21,22)(H,23,24). The number of thioether (sulfide) groups is 2. The summed E-state index contributed by atoms with van der Waals surface area (Å²) in [6, 6.07) is 14.1. The van der Waals surface area contributed by atoms with Crippen molar-refractivity contribution < 1.29 is 4.74 Å². The zero-order chi connectivity index (χ0) is 18.5. The second-order valence-corrected chi connectivity index (χ2v) is 8.41. The van der Waals surface area contributed by atoms with Crippen molar-refractivity contribution in [2.24, 2.45) is 0 Å². The summed E-state index contributed by atoms with van der Waals surface area (Å²) >= 11 is 3.59. The monoisotopic (exact) mass is 398 g/mol. The SMILES string of the molecule is COc1ccc2nc(SCCCCCSc3nc4ccccc4[nH]3)[nH]c2c1. The van der Waals surface area contributed by atoms with E-state index in [1.54, 1.807) is 30.6 Å². The van der Waals surface area contributed by atoms with E-state index in [9.17, 15) is 0 Å². The van der Waals surface area contributed by atoms with Gasteiger partial charge in [-0.05, 0) is 37.1 Å². The van der Waals surface area contributed by atoms with Crippen LogP contribution in [0.3, 0.4) is 0 Å². The minimum atomic E-state index is 0.852. The maximum absolute atomic E-state index is 5.25. The van der Waals surface area contributed by atoms with Gasteiger partial charge in [-0.3, -0.25) is 0 Å². The molecule has 0 atom stereocenters. The van der Waals surface area contributed by atoms with Crippen molar-refractivity contribution in [3.8, 4) is 5.75 Å². The molecule has 2 aromatic heterocycles.